The Morgan fingerprint density at radius 2 is 1.86 bits per heavy atom. The highest BCUT2D eigenvalue weighted by Gasteiger charge is 2.26. The van der Waals surface area contributed by atoms with E-state index in [-0.39, 0.29) is 5.91 Å². The Kier molecular flexibility index (Phi) is 3.79. The van der Waals surface area contributed by atoms with Gasteiger partial charge in [0.1, 0.15) is 0 Å². The molecule has 1 aromatic rings. The van der Waals surface area contributed by atoms with Crippen LogP contribution >= 0.6 is 0 Å². The lowest BCUT2D eigenvalue weighted by Gasteiger charge is -2.24. The molecule has 2 aliphatic rings. The Bertz CT molecular complexity index is 539. The van der Waals surface area contributed by atoms with Gasteiger partial charge in [0.05, 0.1) is 11.4 Å². The Morgan fingerprint density at radius 3 is 2.67 bits per heavy atom. The third-order valence-electron chi connectivity index (χ3n) is 4.65. The van der Waals surface area contributed by atoms with E-state index in [0.29, 0.717) is 5.41 Å². The Morgan fingerprint density at radius 1 is 1.10 bits per heavy atom. The number of amides is 1. The molecule has 2 aliphatic heterocycles. The number of benzene rings is 1. The second kappa shape index (κ2) is 5.58. The van der Waals surface area contributed by atoms with E-state index < -0.39 is 0 Å². The van der Waals surface area contributed by atoms with E-state index in [1.807, 2.05) is 23.1 Å². The molecule has 1 aromatic carbocycles. The van der Waals surface area contributed by atoms with E-state index in [1.54, 1.807) is 0 Å². The number of fused-ring (bicyclic) bond motifs is 1. The molecule has 1 amide bonds. The van der Waals surface area contributed by atoms with Crippen molar-refractivity contribution in [2.45, 2.75) is 33.1 Å². The molecule has 0 saturated carbocycles. The van der Waals surface area contributed by atoms with Gasteiger partial charge in [0.15, 0.2) is 0 Å². The molecule has 21 heavy (non-hydrogen) atoms. The van der Waals surface area contributed by atoms with Crippen molar-refractivity contribution in [1.82, 2.24) is 4.90 Å². The van der Waals surface area contributed by atoms with Crippen molar-refractivity contribution >= 4 is 17.3 Å². The average Bonchev–Trinajstić information content (AvgIpc) is 2.67. The highest BCUT2D eigenvalue weighted by molar-refractivity contribution is 5.96. The SMILES string of the molecule is CC1(C)CCCN(C(=O)c2ccc3c(c2)NCCN3)CC1. The molecule has 0 unspecified atom stereocenters. The minimum atomic E-state index is 0.169. The van der Waals surface area contributed by atoms with E-state index in [9.17, 15) is 4.79 Å². The maximum Gasteiger partial charge on any atom is 0.253 e. The van der Waals surface area contributed by atoms with Crippen molar-refractivity contribution < 1.29 is 4.79 Å². The molecule has 0 spiro atoms. The van der Waals surface area contributed by atoms with Crippen LogP contribution in [0.25, 0.3) is 0 Å². The van der Waals surface area contributed by atoms with Crippen molar-refractivity contribution in [3.05, 3.63) is 23.8 Å². The van der Waals surface area contributed by atoms with E-state index in [4.69, 9.17) is 0 Å². The predicted molar refractivity (Wildman–Crippen MR) is 87.0 cm³/mol. The topological polar surface area (TPSA) is 44.4 Å². The summed E-state index contributed by atoms with van der Waals surface area (Å²) in [6.45, 7) is 8.19. The smallest absolute Gasteiger partial charge is 0.253 e. The lowest BCUT2D eigenvalue weighted by molar-refractivity contribution is 0.0757. The molecule has 1 saturated heterocycles. The van der Waals surface area contributed by atoms with Gasteiger partial charge in [-0.1, -0.05) is 13.8 Å². The summed E-state index contributed by atoms with van der Waals surface area (Å²) < 4.78 is 0. The van der Waals surface area contributed by atoms with Crippen LogP contribution in [0.15, 0.2) is 18.2 Å². The highest BCUT2D eigenvalue weighted by Crippen LogP contribution is 2.31. The van der Waals surface area contributed by atoms with Crippen LogP contribution in [0.4, 0.5) is 11.4 Å². The molecule has 4 nitrogen and oxygen atoms in total. The molecule has 4 heteroatoms. The fourth-order valence-electron chi connectivity index (χ4n) is 3.18. The van der Waals surface area contributed by atoms with Gasteiger partial charge in [-0.05, 0) is 42.9 Å². The number of carbonyl (C=O) groups excluding carboxylic acids is 1. The Labute approximate surface area is 126 Å². The maximum absolute atomic E-state index is 12.7. The number of likely N-dealkylation sites (tertiary alicyclic amines) is 1. The van der Waals surface area contributed by atoms with E-state index >= 15 is 0 Å². The normalized spacial score (nSPS) is 20.8. The first-order valence-electron chi connectivity index (χ1n) is 7.96. The van der Waals surface area contributed by atoms with Crippen LogP contribution in [0.1, 0.15) is 43.5 Å². The van der Waals surface area contributed by atoms with Gasteiger partial charge in [-0.15, -0.1) is 0 Å². The third-order valence-corrected chi connectivity index (χ3v) is 4.65. The summed E-state index contributed by atoms with van der Waals surface area (Å²) in [4.78, 5) is 14.7. The van der Waals surface area contributed by atoms with Crippen LogP contribution < -0.4 is 10.6 Å². The molecule has 3 rings (SSSR count). The summed E-state index contributed by atoms with van der Waals surface area (Å²) in [7, 11) is 0. The van der Waals surface area contributed by atoms with E-state index in [2.05, 4.69) is 24.5 Å². The maximum atomic E-state index is 12.7. The lowest BCUT2D eigenvalue weighted by atomic mass is 9.85. The summed E-state index contributed by atoms with van der Waals surface area (Å²) in [5, 5.41) is 6.69. The van der Waals surface area contributed by atoms with Crippen molar-refractivity contribution in [2.75, 3.05) is 36.8 Å². The molecule has 0 atom stereocenters. The van der Waals surface area contributed by atoms with Gasteiger partial charge in [0, 0.05) is 31.7 Å². The van der Waals surface area contributed by atoms with Crippen LogP contribution in [-0.4, -0.2) is 37.0 Å². The molecule has 2 heterocycles. The quantitative estimate of drug-likeness (QED) is 0.834. The summed E-state index contributed by atoms with van der Waals surface area (Å²) in [6, 6.07) is 5.94. The Balaban J connectivity index is 1.75. The minimum Gasteiger partial charge on any atom is -0.382 e. The fourth-order valence-corrected chi connectivity index (χ4v) is 3.18. The third kappa shape index (κ3) is 3.14. The van der Waals surface area contributed by atoms with E-state index in [1.165, 1.54) is 6.42 Å². The average molecular weight is 287 g/mol. The van der Waals surface area contributed by atoms with Gasteiger partial charge in [-0.3, -0.25) is 4.79 Å². The number of hydrogen-bond donors (Lipinski definition) is 2. The molecule has 0 radical (unpaired) electrons. The predicted octanol–water partition coefficient (Wildman–Crippen LogP) is 3.18. The van der Waals surface area contributed by atoms with Crippen molar-refractivity contribution in [1.29, 1.82) is 0 Å². The standard InChI is InChI=1S/C17H25N3O/c1-17(2)6-3-10-20(11-7-17)16(21)13-4-5-14-15(12-13)19-9-8-18-14/h4-5,12,18-19H,3,6-11H2,1-2H3. The van der Waals surface area contributed by atoms with Crippen molar-refractivity contribution in [3.8, 4) is 0 Å². The van der Waals surface area contributed by atoms with Crippen LogP contribution in [0.3, 0.4) is 0 Å². The van der Waals surface area contributed by atoms with Gasteiger partial charge in [-0.2, -0.15) is 0 Å². The minimum absolute atomic E-state index is 0.169. The van der Waals surface area contributed by atoms with Gasteiger partial charge < -0.3 is 15.5 Å². The van der Waals surface area contributed by atoms with Crippen LogP contribution in [-0.2, 0) is 0 Å². The largest absolute Gasteiger partial charge is 0.382 e. The zero-order valence-electron chi connectivity index (χ0n) is 13.0. The second-order valence-electron chi connectivity index (χ2n) is 6.92. The zero-order chi connectivity index (χ0) is 14.9. The zero-order valence-corrected chi connectivity index (χ0v) is 13.0. The molecule has 0 aromatic heterocycles. The lowest BCUT2D eigenvalue weighted by Crippen LogP contribution is -2.32. The first-order chi connectivity index (χ1) is 10.1. The van der Waals surface area contributed by atoms with Gasteiger partial charge >= 0.3 is 0 Å². The number of nitrogens with one attached hydrogen (secondary N) is 2. The summed E-state index contributed by atoms with van der Waals surface area (Å²) >= 11 is 0. The summed E-state index contributed by atoms with van der Waals surface area (Å²) in [5.41, 5.74) is 3.29. The number of anilines is 2. The first kappa shape index (κ1) is 14.2. The van der Waals surface area contributed by atoms with Gasteiger partial charge in [0.25, 0.3) is 5.91 Å². The summed E-state index contributed by atoms with van der Waals surface area (Å²) in [5.74, 6) is 0.169. The number of carbonyl (C=O) groups is 1. The molecule has 0 aliphatic carbocycles. The number of hydrogen-bond acceptors (Lipinski definition) is 3. The highest BCUT2D eigenvalue weighted by atomic mass is 16.2. The first-order valence-corrected chi connectivity index (χ1v) is 7.96. The van der Waals surface area contributed by atoms with Gasteiger partial charge in [-0.25, -0.2) is 0 Å². The molecular formula is C17H25N3O. The molecule has 0 bridgehead atoms. The van der Waals surface area contributed by atoms with Crippen LogP contribution in [0.2, 0.25) is 0 Å². The number of nitrogens with zero attached hydrogens (tertiary/aromatic N) is 1. The monoisotopic (exact) mass is 287 g/mol. The Hall–Kier alpha value is -1.71. The van der Waals surface area contributed by atoms with Crippen molar-refractivity contribution in [3.63, 3.8) is 0 Å². The molecule has 2 N–H and O–H groups in total. The van der Waals surface area contributed by atoms with E-state index in [0.717, 1.165) is 56.0 Å². The molecule has 1 fully saturated rings. The second-order valence-corrected chi connectivity index (χ2v) is 6.92. The molecule has 114 valence electrons. The van der Waals surface area contributed by atoms with Gasteiger partial charge in [0.2, 0.25) is 0 Å². The molecular weight excluding hydrogens is 262 g/mol. The fraction of sp³-hybridized carbons (Fsp3) is 0.588. The van der Waals surface area contributed by atoms with Crippen LogP contribution in [0, 0.1) is 5.41 Å². The van der Waals surface area contributed by atoms with Crippen LogP contribution in [0.5, 0.6) is 0 Å². The summed E-state index contributed by atoms with van der Waals surface area (Å²) in [6.07, 6.45) is 3.39. The van der Waals surface area contributed by atoms with Crippen molar-refractivity contribution in [2.24, 2.45) is 5.41 Å². The number of rotatable bonds is 1.